The summed E-state index contributed by atoms with van der Waals surface area (Å²) in [6, 6.07) is 1.31. The average Bonchev–Trinajstić information content (AvgIpc) is 3.10. The molecule has 0 saturated heterocycles. The van der Waals surface area contributed by atoms with Gasteiger partial charge in [0.2, 0.25) is 5.91 Å². The van der Waals surface area contributed by atoms with Gasteiger partial charge in [0.15, 0.2) is 0 Å². The number of nitrogens with one attached hydrogen (secondary N) is 3. The summed E-state index contributed by atoms with van der Waals surface area (Å²) in [7, 11) is 0. The van der Waals surface area contributed by atoms with Gasteiger partial charge in [-0.1, -0.05) is 0 Å². The Labute approximate surface area is 125 Å². The molecule has 7 nitrogen and oxygen atoms in total. The molecule has 0 aliphatic heterocycles. The lowest BCUT2D eigenvalue weighted by Gasteiger charge is -2.07. The number of aromatic carboxylic acids is 1. The molecule has 1 fully saturated rings. The molecule has 1 aliphatic carbocycles. The van der Waals surface area contributed by atoms with E-state index in [1.807, 2.05) is 0 Å². The summed E-state index contributed by atoms with van der Waals surface area (Å²) >= 11 is 1.15. The zero-order chi connectivity index (χ0) is 15.2. The highest BCUT2D eigenvalue weighted by atomic mass is 32.1. The summed E-state index contributed by atoms with van der Waals surface area (Å²) in [4.78, 5) is 33.9. The number of carbonyl (C=O) groups is 3. The molecule has 1 aromatic heterocycles. The minimum absolute atomic E-state index is 0.00567. The van der Waals surface area contributed by atoms with E-state index in [-0.39, 0.29) is 11.5 Å². The van der Waals surface area contributed by atoms with Gasteiger partial charge in [0.05, 0.1) is 5.56 Å². The number of carboxylic acid groups (broad SMARTS) is 1. The molecule has 0 atom stereocenters. The molecule has 0 unspecified atom stereocenters. The number of hydrogen-bond donors (Lipinski definition) is 4. The Bertz CT molecular complexity index is 539. The third-order valence-corrected chi connectivity index (χ3v) is 3.76. The second-order valence-electron chi connectivity index (χ2n) is 4.79. The van der Waals surface area contributed by atoms with E-state index in [4.69, 9.17) is 5.11 Å². The van der Waals surface area contributed by atoms with E-state index in [0.717, 1.165) is 24.2 Å². The summed E-state index contributed by atoms with van der Waals surface area (Å²) in [5.74, 6) is -1.07. The summed E-state index contributed by atoms with van der Waals surface area (Å²) in [6.07, 6.45) is 3.02. The Balaban J connectivity index is 1.64. The molecule has 0 bridgehead atoms. The largest absolute Gasteiger partial charge is 0.478 e. The van der Waals surface area contributed by atoms with Gasteiger partial charge in [-0.15, -0.1) is 11.3 Å². The number of urea groups is 1. The normalized spacial score (nSPS) is 13.5. The molecule has 8 heteroatoms. The minimum atomic E-state index is -1.08. The Kier molecular flexibility index (Phi) is 5.15. The van der Waals surface area contributed by atoms with Crippen molar-refractivity contribution in [3.63, 3.8) is 0 Å². The van der Waals surface area contributed by atoms with Crippen LogP contribution in [0, 0.1) is 0 Å². The standard InChI is InChI=1S/C13H17N3O4S/c17-10(15-8-3-4-8)2-1-6-14-13(20)16-11-9(12(18)19)5-7-21-11/h5,7-8H,1-4,6H2,(H,15,17)(H,18,19)(H2,14,16,20). The van der Waals surface area contributed by atoms with Crippen LogP contribution in [0.25, 0.3) is 0 Å². The number of thiophene rings is 1. The van der Waals surface area contributed by atoms with Crippen LogP contribution in [0.15, 0.2) is 11.4 Å². The Morgan fingerprint density at radius 3 is 2.76 bits per heavy atom. The third kappa shape index (κ3) is 5.07. The summed E-state index contributed by atoms with van der Waals surface area (Å²) in [5, 5.41) is 18.8. The van der Waals surface area contributed by atoms with Crippen LogP contribution in [0.2, 0.25) is 0 Å². The number of rotatable bonds is 7. The number of carboxylic acids is 1. The fraction of sp³-hybridized carbons (Fsp3) is 0.462. The van der Waals surface area contributed by atoms with Crippen molar-refractivity contribution in [2.75, 3.05) is 11.9 Å². The highest BCUT2D eigenvalue weighted by Crippen LogP contribution is 2.22. The molecule has 0 spiro atoms. The maximum Gasteiger partial charge on any atom is 0.338 e. The molecule has 1 aromatic rings. The molecular weight excluding hydrogens is 294 g/mol. The maximum atomic E-state index is 11.6. The molecule has 1 aliphatic rings. The summed E-state index contributed by atoms with van der Waals surface area (Å²) in [6.45, 7) is 0.359. The van der Waals surface area contributed by atoms with Crippen molar-refractivity contribution in [3.05, 3.63) is 17.0 Å². The lowest BCUT2D eigenvalue weighted by molar-refractivity contribution is -0.121. The fourth-order valence-corrected chi connectivity index (χ4v) is 2.47. The molecule has 0 radical (unpaired) electrons. The topological polar surface area (TPSA) is 108 Å². The zero-order valence-electron chi connectivity index (χ0n) is 11.3. The van der Waals surface area contributed by atoms with Gasteiger partial charge in [-0.05, 0) is 30.7 Å². The predicted molar refractivity (Wildman–Crippen MR) is 78.7 cm³/mol. The van der Waals surface area contributed by atoms with Crippen LogP contribution in [-0.2, 0) is 4.79 Å². The van der Waals surface area contributed by atoms with Crippen LogP contribution in [0.3, 0.4) is 0 Å². The highest BCUT2D eigenvalue weighted by Gasteiger charge is 2.22. The first-order valence-electron chi connectivity index (χ1n) is 6.71. The third-order valence-electron chi connectivity index (χ3n) is 2.93. The Hall–Kier alpha value is -2.09. The smallest absolute Gasteiger partial charge is 0.338 e. The van der Waals surface area contributed by atoms with E-state index in [2.05, 4.69) is 16.0 Å². The molecule has 1 heterocycles. The Morgan fingerprint density at radius 1 is 1.33 bits per heavy atom. The van der Waals surface area contributed by atoms with Crippen molar-refractivity contribution < 1.29 is 19.5 Å². The molecule has 1 saturated carbocycles. The van der Waals surface area contributed by atoms with E-state index in [0.29, 0.717) is 30.4 Å². The van der Waals surface area contributed by atoms with Crippen LogP contribution < -0.4 is 16.0 Å². The summed E-state index contributed by atoms with van der Waals surface area (Å²) < 4.78 is 0. The van der Waals surface area contributed by atoms with Gasteiger partial charge in [-0.2, -0.15) is 0 Å². The van der Waals surface area contributed by atoms with Crippen LogP contribution in [0.4, 0.5) is 9.80 Å². The number of carbonyl (C=O) groups excluding carboxylic acids is 2. The van der Waals surface area contributed by atoms with Gasteiger partial charge in [0.25, 0.3) is 0 Å². The highest BCUT2D eigenvalue weighted by molar-refractivity contribution is 7.14. The molecule has 3 amide bonds. The SMILES string of the molecule is O=C(CCCNC(=O)Nc1sccc1C(=O)O)NC1CC1. The monoisotopic (exact) mass is 311 g/mol. The molecule has 0 aromatic carbocycles. The number of hydrogen-bond acceptors (Lipinski definition) is 4. The van der Waals surface area contributed by atoms with Crippen LogP contribution in [-0.4, -0.2) is 35.6 Å². The van der Waals surface area contributed by atoms with Crippen molar-refractivity contribution in [2.45, 2.75) is 31.7 Å². The molecule has 2 rings (SSSR count). The average molecular weight is 311 g/mol. The van der Waals surface area contributed by atoms with E-state index in [1.165, 1.54) is 6.07 Å². The van der Waals surface area contributed by atoms with Gasteiger partial charge < -0.3 is 15.7 Å². The van der Waals surface area contributed by atoms with Gasteiger partial charge in [0.1, 0.15) is 5.00 Å². The molecule has 114 valence electrons. The van der Waals surface area contributed by atoms with Crippen molar-refractivity contribution in [3.8, 4) is 0 Å². The molecular formula is C13H17N3O4S. The second kappa shape index (κ2) is 7.07. The van der Waals surface area contributed by atoms with E-state index >= 15 is 0 Å². The lowest BCUT2D eigenvalue weighted by Crippen LogP contribution is -2.31. The quantitative estimate of drug-likeness (QED) is 0.574. The zero-order valence-corrected chi connectivity index (χ0v) is 12.2. The van der Waals surface area contributed by atoms with Gasteiger partial charge in [-0.3, -0.25) is 10.1 Å². The van der Waals surface area contributed by atoms with Crippen molar-refractivity contribution in [2.24, 2.45) is 0 Å². The van der Waals surface area contributed by atoms with Crippen LogP contribution in [0.5, 0.6) is 0 Å². The number of amides is 3. The van der Waals surface area contributed by atoms with Gasteiger partial charge >= 0.3 is 12.0 Å². The van der Waals surface area contributed by atoms with E-state index in [9.17, 15) is 14.4 Å². The van der Waals surface area contributed by atoms with E-state index in [1.54, 1.807) is 5.38 Å². The predicted octanol–water partition coefficient (Wildman–Crippen LogP) is 1.63. The molecule has 21 heavy (non-hydrogen) atoms. The fourth-order valence-electron chi connectivity index (χ4n) is 1.70. The van der Waals surface area contributed by atoms with E-state index < -0.39 is 12.0 Å². The number of anilines is 1. The Morgan fingerprint density at radius 2 is 2.10 bits per heavy atom. The van der Waals surface area contributed by atoms with Crippen molar-refractivity contribution in [1.82, 2.24) is 10.6 Å². The first-order chi connectivity index (χ1) is 10.1. The first kappa shape index (κ1) is 15.3. The second-order valence-corrected chi connectivity index (χ2v) is 5.71. The van der Waals surface area contributed by atoms with Gasteiger partial charge in [-0.25, -0.2) is 9.59 Å². The van der Waals surface area contributed by atoms with Crippen molar-refractivity contribution >= 4 is 34.2 Å². The van der Waals surface area contributed by atoms with Gasteiger partial charge in [0, 0.05) is 19.0 Å². The maximum absolute atomic E-state index is 11.6. The van der Waals surface area contributed by atoms with Crippen molar-refractivity contribution in [1.29, 1.82) is 0 Å². The minimum Gasteiger partial charge on any atom is -0.478 e. The summed E-state index contributed by atoms with van der Waals surface area (Å²) in [5.41, 5.74) is 0.0685. The first-order valence-corrected chi connectivity index (χ1v) is 7.59. The van der Waals surface area contributed by atoms with Crippen LogP contribution in [0.1, 0.15) is 36.0 Å². The lowest BCUT2D eigenvalue weighted by atomic mass is 10.3. The van der Waals surface area contributed by atoms with Crippen LogP contribution >= 0.6 is 11.3 Å². The molecule has 4 N–H and O–H groups in total.